The van der Waals surface area contributed by atoms with Crippen LogP contribution in [0.1, 0.15) is 12.2 Å². The number of carbonyl (C=O) groups is 1. The van der Waals surface area contributed by atoms with Crippen LogP contribution in [0.25, 0.3) is 0 Å². The average Bonchev–Trinajstić information content (AvgIpc) is 3.24. The molecule has 1 aromatic heterocycles. The van der Waals surface area contributed by atoms with Gasteiger partial charge in [0, 0.05) is 25.3 Å². The molecule has 5 nitrogen and oxygen atoms in total. The van der Waals surface area contributed by atoms with Crippen molar-refractivity contribution < 1.29 is 13.6 Å². The van der Waals surface area contributed by atoms with Gasteiger partial charge in [0.1, 0.15) is 11.6 Å². The van der Waals surface area contributed by atoms with Crippen LogP contribution >= 0.6 is 0 Å². The predicted molar refractivity (Wildman–Crippen MR) is 94.9 cm³/mol. The second kappa shape index (κ2) is 7.70. The Hall–Kier alpha value is -2.34. The van der Waals surface area contributed by atoms with Gasteiger partial charge in [0.15, 0.2) is 0 Å². The monoisotopic (exact) mass is 345 g/mol. The Labute approximate surface area is 147 Å². The molecule has 1 atom stereocenters. The number of rotatable bonds is 5. The summed E-state index contributed by atoms with van der Waals surface area (Å²) in [4.78, 5) is 18.8. The highest BCUT2D eigenvalue weighted by Crippen LogP contribution is 2.24. The zero-order valence-corrected chi connectivity index (χ0v) is 14.7. The summed E-state index contributed by atoms with van der Waals surface area (Å²) in [6.45, 7) is 2.78. The van der Waals surface area contributed by atoms with E-state index in [0.717, 1.165) is 26.1 Å². The lowest BCUT2D eigenvalue weighted by atomic mass is 10.1. The van der Waals surface area contributed by atoms with Gasteiger partial charge >= 0.3 is 6.03 Å². The number of urea groups is 1. The molecule has 2 aromatic rings. The Kier molecular flexibility index (Phi) is 5.38. The first-order chi connectivity index (χ1) is 12.0. The molecule has 1 fully saturated rings. The second-order valence-corrected chi connectivity index (χ2v) is 6.79. The van der Waals surface area contributed by atoms with Crippen molar-refractivity contribution >= 4 is 11.7 Å². The summed E-state index contributed by atoms with van der Waals surface area (Å²) >= 11 is 0. The Morgan fingerprint density at radius 2 is 2.04 bits per heavy atom. The minimum atomic E-state index is -0.318. The molecule has 3 rings (SSSR count). The van der Waals surface area contributed by atoms with Crippen molar-refractivity contribution in [2.24, 2.45) is 5.92 Å². The molecule has 1 aromatic carbocycles. The first kappa shape index (κ1) is 17.5. The molecular weight excluding hydrogens is 321 g/mol. The third-order valence-electron chi connectivity index (χ3n) is 4.44. The molecule has 25 heavy (non-hydrogen) atoms. The number of hydrogen-bond acceptors (Lipinski definition) is 3. The number of furan rings is 1. The van der Waals surface area contributed by atoms with E-state index in [-0.39, 0.29) is 11.8 Å². The Balaban J connectivity index is 1.76. The molecule has 134 valence electrons. The van der Waals surface area contributed by atoms with Gasteiger partial charge in [0.2, 0.25) is 0 Å². The lowest BCUT2D eigenvalue weighted by Crippen LogP contribution is -2.42. The molecule has 0 spiro atoms. The van der Waals surface area contributed by atoms with Crippen LogP contribution in [-0.4, -0.2) is 49.6 Å². The summed E-state index contributed by atoms with van der Waals surface area (Å²) in [5.74, 6) is 0.862. The summed E-state index contributed by atoms with van der Waals surface area (Å²) < 4.78 is 18.7. The number of hydrogen-bond donors (Lipinski definition) is 0. The fourth-order valence-corrected chi connectivity index (χ4v) is 3.29. The molecule has 1 aliphatic heterocycles. The van der Waals surface area contributed by atoms with Crippen molar-refractivity contribution in [3.8, 4) is 0 Å². The highest BCUT2D eigenvalue weighted by molar-refractivity contribution is 5.92. The number of likely N-dealkylation sites (tertiary alicyclic amines) is 1. The molecule has 0 unspecified atom stereocenters. The lowest BCUT2D eigenvalue weighted by Gasteiger charge is -2.28. The van der Waals surface area contributed by atoms with Gasteiger partial charge in [0.05, 0.1) is 12.8 Å². The van der Waals surface area contributed by atoms with Crippen molar-refractivity contribution in [3.05, 3.63) is 54.2 Å². The third-order valence-corrected chi connectivity index (χ3v) is 4.44. The standard InChI is InChI=1S/C19H24FN3O2/c1-21(2)12-15-9-10-22(13-15)19(24)23(14-18-4-3-11-25-18)17-7-5-16(20)6-8-17/h3-8,11,15H,9-10,12-14H2,1-2H3/t15-/m1/s1. The van der Waals surface area contributed by atoms with Crippen LogP contribution in [-0.2, 0) is 6.54 Å². The van der Waals surface area contributed by atoms with Gasteiger partial charge in [-0.3, -0.25) is 4.90 Å². The van der Waals surface area contributed by atoms with Gasteiger partial charge in [-0.25, -0.2) is 9.18 Å². The van der Waals surface area contributed by atoms with Crippen LogP contribution in [0.3, 0.4) is 0 Å². The molecular formula is C19H24FN3O2. The van der Waals surface area contributed by atoms with Crippen LogP contribution in [0.5, 0.6) is 0 Å². The van der Waals surface area contributed by atoms with E-state index in [4.69, 9.17) is 4.42 Å². The van der Waals surface area contributed by atoms with Gasteiger partial charge in [0.25, 0.3) is 0 Å². The number of halogens is 1. The Bertz CT molecular complexity index is 685. The van der Waals surface area contributed by atoms with E-state index in [1.807, 2.05) is 25.1 Å². The van der Waals surface area contributed by atoms with Crippen LogP contribution in [0.4, 0.5) is 14.9 Å². The SMILES string of the molecule is CN(C)C[C@H]1CCN(C(=O)N(Cc2ccco2)c2ccc(F)cc2)C1. The molecule has 2 amide bonds. The van der Waals surface area contributed by atoms with Crippen LogP contribution < -0.4 is 4.90 Å². The maximum Gasteiger partial charge on any atom is 0.324 e. The smallest absolute Gasteiger partial charge is 0.324 e. The van der Waals surface area contributed by atoms with Crippen molar-refractivity contribution in [1.29, 1.82) is 0 Å². The van der Waals surface area contributed by atoms with Crippen LogP contribution in [0.15, 0.2) is 47.1 Å². The predicted octanol–water partition coefficient (Wildman–Crippen LogP) is 3.43. The summed E-state index contributed by atoms with van der Waals surface area (Å²) in [5, 5.41) is 0. The molecule has 1 saturated heterocycles. The van der Waals surface area contributed by atoms with Crippen LogP contribution in [0, 0.1) is 11.7 Å². The largest absolute Gasteiger partial charge is 0.467 e. The highest BCUT2D eigenvalue weighted by Gasteiger charge is 2.30. The molecule has 6 heteroatoms. The van der Waals surface area contributed by atoms with E-state index < -0.39 is 0 Å². The molecule has 0 bridgehead atoms. The maximum atomic E-state index is 13.3. The Morgan fingerprint density at radius 1 is 1.28 bits per heavy atom. The topological polar surface area (TPSA) is 39.9 Å². The van der Waals surface area contributed by atoms with Crippen molar-refractivity contribution in [2.45, 2.75) is 13.0 Å². The Morgan fingerprint density at radius 3 is 2.68 bits per heavy atom. The van der Waals surface area contributed by atoms with Gasteiger partial charge in [-0.1, -0.05) is 0 Å². The van der Waals surface area contributed by atoms with Crippen molar-refractivity contribution in [2.75, 3.05) is 38.6 Å². The van der Waals surface area contributed by atoms with E-state index in [1.165, 1.54) is 12.1 Å². The molecule has 0 saturated carbocycles. The maximum absolute atomic E-state index is 13.3. The molecule has 1 aliphatic rings. The summed E-state index contributed by atoms with van der Waals surface area (Å²) in [6.07, 6.45) is 2.59. The number of carbonyl (C=O) groups excluding carboxylic acids is 1. The third kappa shape index (κ3) is 4.39. The van der Waals surface area contributed by atoms with Crippen molar-refractivity contribution in [3.63, 3.8) is 0 Å². The quantitative estimate of drug-likeness (QED) is 0.833. The van der Waals surface area contributed by atoms with Crippen LogP contribution in [0.2, 0.25) is 0 Å². The van der Waals surface area contributed by atoms with E-state index in [2.05, 4.69) is 4.90 Å². The normalized spacial score (nSPS) is 17.3. The van der Waals surface area contributed by atoms with Gasteiger partial charge in [-0.15, -0.1) is 0 Å². The number of benzene rings is 1. The average molecular weight is 345 g/mol. The summed E-state index contributed by atoms with van der Waals surface area (Å²) in [5.41, 5.74) is 0.666. The minimum absolute atomic E-state index is 0.0655. The van der Waals surface area contributed by atoms with Gasteiger partial charge < -0.3 is 14.2 Å². The second-order valence-electron chi connectivity index (χ2n) is 6.79. The first-order valence-corrected chi connectivity index (χ1v) is 8.52. The number of amides is 2. The summed E-state index contributed by atoms with van der Waals surface area (Å²) in [6, 6.07) is 9.57. The van der Waals surface area contributed by atoms with E-state index in [1.54, 1.807) is 29.4 Å². The van der Waals surface area contributed by atoms with Gasteiger partial charge in [-0.05, 0) is 62.8 Å². The highest BCUT2D eigenvalue weighted by atomic mass is 19.1. The van der Waals surface area contributed by atoms with Gasteiger partial charge in [-0.2, -0.15) is 0 Å². The number of nitrogens with zero attached hydrogens (tertiary/aromatic N) is 3. The number of anilines is 1. The molecule has 0 N–H and O–H groups in total. The fourth-order valence-electron chi connectivity index (χ4n) is 3.29. The van der Waals surface area contributed by atoms with E-state index in [0.29, 0.717) is 23.9 Å². The molecule has 2 heterocycles. The zero-order valence-electron chi connectivity index (χ0n) is 14.7. The first-order valence-electron chi connectivity index (χ1n) is 8.52. The lowest BCUT2D eigenvalue weighted by molar-refractivity contribution is 0.211. The molecule has 0 radical (unpaired) electrons. The fraction of sp³-hybridized carbons (Fsp3) is 0.421. The zero-order chi connectivity index (χ0) is 17.8. The summed E-state index contributed by atoms with van der Waals surface area (Å²) in [7, 11) is 4.10. The van der Waals surface area contributed by atoms with Crippen molar-refractivity contribution in [1.82, 2.24) is 9.80 Å². The van der Waals surface area contributed by atoms with E-state index in [9.17, 15) is 9.18 Å². The molecule has 0 aliphatic carbocycles. The van der Waals surface area contributed by atoms with E-state index >= 15 is 0 Å². The minimum Gasteiger partial charge on any atom is -0.467 e.